The zero-order valence-corrected chi connectivity index (χ0v) is 9.72. The summed E-state index contributed by atoms with van der Waals surface area (Å²) in [6.07, 6.45) is 0.802. The molecule has 0 bridgehead atoms. The molecule has 0 radical (unpaired) electrons. The summed E-state index contributed by atoms with van der Waals surface area (Å²) in [7, 11) is 1.52. The SMILES string of the molecule is COc1ccc(O)c(C(=O)N2CC[C@H](N)C2)c1. The molecule has 1 saturated heterocycles. The predicted molar refractivity (Wildman–Crippen MR) is 63.2 cm³/mol. The Kier molecular flexibility index (Phi) is 3.19. The maximum Gasteiger partial charge on any atom is 0.257 e. The van der Waals surface area contributed by atoms with Gasteiger partial charge in [0.2, 0.25) is 0 Å². The van der Waals surface area contributed by atoms with Gasteiger partial charge in [0.05, 0.1) is 12.7 Å². The summed E-state index contributed by atoms with van der Waals surface area (Å²) in [5.41, 5.74) is 6.02. The second kappa shape index (κ2) is 4.63. The molecule has 1 aromatic carbocycles. The summed E-state index contributed by atoms with van der Waals surface area (Å²) >= 11 is 0. The van der Waals surface area contributed by atoms with Gasteiger partial charge in [-0.1, -0.05) is 0 Å². The zero-order chi connectivity index (χ0) is 12.4. The molecular weight excluding hydrogens is 220 g/mol. The molecule has 1 aliphatic heterocycles. The fraction of sp³-hybridized carbons (Fsp3) is 0.417. The number of methoxy groups -OCH3 is 1. The Morgan fingerprint density at radius 2 is 2.35 bits per heavy atom. The largest absolute Gasteiger partial charge is 0.507 e. The second-order valence-corrected chi connectivity index (χ2v) is 4.18. The van der Waals surface area contributed by atoms with Gasteiger partial charge in [0.25, 0.3) is 5.91 Å². The lowest BCUT2D eigenvalue weighted by atomic mass is 10.1. The van der Waals surface area contributed by atoms with Crippen LogP contribution >= 0.6 is 0 Å². The van der Waals surface area contributed by atoms with E-state index in [9.17, 15) is 9.90 Å². The van der Waals surface area contributed by atoms with Crippen molar-refractivity contribution in [2.45, 2.75) is 12.5 Å². The van der Waals surface area contributed by atoms with E-state index in [1.54, 1.807) is 17.0 Å². The number of rotatable bonds is 2. The van der Waals surface area contributed by atoms with Gasteiger partial charge in [-0.15, -0.1) is 0 Å². The molecule has 5 nitrogen and oxygen atoms in total. The molecule has 0 unspecified atom stereocenters. The molecule has 0 saturated carbocycles. The van der Waals surface area contributed by atoms with E-state index in [0.29, 0.717) is 18.8 Å². The Morgan fingerprint density at radius 1 is 1.59 bits per heavy atom. The van der Waals surface area contributed by atoms with Crippen molar-refractivity contribution in [1.82, 2.24) is 4.90 Å². The average molecular weight is 236 g/mol. The van der Waals surface area contributed by atoms with Crippen molar-refractivity contribution in [3.05, 3.63) is 23.8 Å². The van der Waals surface area contributed by atoms with Crippen molar-refractivity contribution in [3.63, 3.8) is 0 Å². The number of nitrogens with two attached hydrogens (primary N) is 1. The minimum atomic E-state index is -0.200. The van der Waals surface area contributed by atoms with Gasteiger partial charge in [0.1, 0.15) is 11.5 Å². The minimum absolute atomic E-state index is 0.0312. The third-order valence-electron chi connectivity index (χ3n) is 2.95. The van der Waals surface area contributed by atoms with Crippen LogP contribution < -0.4 is 10.5 Å². The lowest BCUT2D eigenvalue weighted by molar-refractivity contribution is 0.0787. The van der Waals surface area contributed by atoms with Gasteiger partial charge in [-0.3, -0.25) is 4.79 Å². The predicted octanol–water partition coefficient (Wildman–Crippen LogP) is 0.574. The summed E-state index contributed by atoms with van der Waals surface area (Å²) < 4.78 is 5.04. The van der Waals surface area contributed by atoms with Crippen LogP contribution in [0.15, 0.2) is 18.2 Å². The Balaban J connectivity index is 2.24. The first kappa shape index (κ1) is 11.7. The highest BCUT2D eigenvalue weighted by Crippen LogP contribution is 2.25. The number of phenolic OH excluding ortho intramolecular Hbond substituents is 1. The number of likely N-dealkylation sites (tertiary alicyclic amines) is 1. The molecule has 0 aliphatic carbocycles. The van der Waals surface area contributed by atoms with Crippen molar-refractivity contribution in [2.75, 3.05) is 20.2 Å². The zero-order valence-electron chi connectivity index (χ0n) is 9.72. The molecule has 0 aromatic heterocycles. The summed E-state index contributed by atoms with van der Waals surface area (Å²) in [5, 5.41) is 9.69. The van der Waals surface area contributed by atoms with Crippen LogP contribution in [0, 0.1) is 0 Å². The van der Waals surface area contributed by atoms with Crippen LogP contribution in [-0.2, 0) is 0 Å². The minimum Gasteiger partial charge on any atom is -0.507 e. The highest BCUT2D eigenvalue weighted by atomic mass is 16.5. The summed E-state index contributed by atoms with van der Waals surface area (Å²) in [6, 6.07) is 4.65. The van der Waals surface area contributed by atoms with Crippen molar-refractivity contribution in [3.8, 4) is 11.5 Å². The molecule has 1 heterocycles. The van der Waals surface area contributed by atoms with Crippen molar-refractivity contribution >= 4 is 5.91 Å². The van der Waals surface area contributed by atoms with Crippen LogP contribution in [0.5, 0.6) is 11.5 Å². The number of hydrogen-bond acceptors (Lipinski definition) is 4. The summed E-state index contributed by atoms with van der Waals surface area (Å²) in [4.78, 5) is 13.8. The molecule has 1 aromatic rings. The van der Waals surface area contributed by atoms with Gasteiger partial charge < -0.3 is 20.5 Å². The topological polar surface area (TPSA) is 75.8 Å². The smallest absolute Gasteiger partial charge is 0.257 e. The lowest BCUT2D eigenvalue weighted by Gasteiger charge is -2.16. The Hall–Kier alpha value is -1.75. The fourth-order valence-electron chi connectivity index (χ4n) is 1.96. The molecule has 92 valence electrons. The van der Waals surface area contributed by atoms with E-state index in [1.165, 1.54) is 13.2 Å². The first-order valence-electron chi connectivity index (χ1n) is 5.53. The molecule has 17 heavy (non-hydrogen) atoms. The van der Waals surface area contributed by atoms with E-state index >= 15 is 0 Å². The molecule has 1 atom stereocenters. The Morgan fingerprint density at radius 3 is 2.94 bits per heavy atom. The first-order chi connectivity index (χ1) is 8.11. The summed E-state index contributed by atoms with van der Waals surface area (Å²) in [6.45, 7) is 1.17. The number of benzene rings is 1. The number of ether oxygens (including phenoxy) is 1. The Bertz CT molecular complexity index is 434. The third kappa shape index (κ3) is 2.34. The van der Waals surface area contributed by atoms with Crippen LogP contribution in [0.3, 0.4) is 0 Å². The van der Waals surface area contributed by atoms with Gasteiger partial charge in [0, 0.05) is 19.1 Å². The number of carbonyl (C=O) groups is 1. The van der Waals surface area contributed by atoms with Gasteiger partial charge in [-0.25, -0.2) is 0 Å². The van der Waals surface area contributed by atoms with E-state index in [-0.39, 0.29) is 23.3 Å². The quantitative estimate of drug-likeness (QED) is 0.787. The van der Waals surface area contributed by atoms with E-state index in [4.69, 9.17) is 10.5 Å². The molecule has 3 N–H and O–H groups in total. The van der Waals surface area contributed by atoms with Gasteiger partial charge in [-0.2, -0.15) is 0 Å². The van der Waals surface area contributed by atoms with Crippen LogP contribution in [-0.4, -0.2) is 42.2 Å². The van der Waals surface area contributed by atoms with E-state index in [1.807, 2.05) is 0 Å². The summed E-state index contributed by atoms with van der Waals surface area (Å²) in [5.74, 6) is 0.320. The van der Waals surface area contributed by atoms with Crippen LogP contribution in [0.25, 0.3) is 0 Å². The maximum atomic E-state index is 12.1. The van der Waals surface area contributed by atoms with Crippen molar-refractivity contribution < 1.29 is 14.6 Å². The van der Waals surface area contributed by atoms with E-state index in [0.717, 1.165) is 6.42 Å². The molecule has 1 aliphatic rings. The van der Waals surface area contributed by atoms with Gasteiger partial charge in [-0.05, 0) is 24.6 Å². The van der Waals surface area contributed by atoms with Crippen LogP contribution in [0.2, 0.25) is 0 Å². The van der Waals surface area contributed by atoms with Gasteiger partial charge >= 0.3 is 0 Å². The van der Waals surface area contributed by atoms with E-state index in [2.05, 4.69) is 0 Å². The monoisotopic (exact) mass is 236 g/mol. The molecule has 2 rings (SSSR count). The number of aromatic hydroxyl groups is 1. The van der Waals surface area contributed by atoms with Gasteiger partial charge in [0.15, 0.2) is 0 Å². The number of hydrogen-bond donors (Lipinski definition) is 2. The molecular formula is C12H16N2O3. The maximum absolute atomic E-state index is 12.1. The highest BCUT2D eigenvalue weighted by molar-refractivity contribution is 5.97. The normalized spacial score (nSPS) is 19.4. The first-order valence-corrected chi connectivity index (χ1v) is 5.53. The second-order valence-electron chi connectivity index (χ2n) is 4.18. The van der Waals surface area contributed by atoms with Crippen LogP contribution in [0.4, 0.5) is 0 Å². The van der Waals surface area contributed by atoms with Crippen LogP contribution in [0.1, 0.15) is 16.8 Å². The Labute approximate surface area is 99.8 Å². The molecule has 0 spiro atoms. The van der Waals surface area contributed by atoms with Crippen molar-refractivity contribution in [1.29, 1.82) is 0 Å². The fourth-order valence-corrected chi connectivity index (χ4v) is 1.96. The molecule has 1 fully saturated rings. The van der Waals surface area contributed by atoms with Crippen molar-refractivity contribution in [2.24, 2.45) is 5.73 Å². The lowest BCUT2D eigenvalue weighted by Crippen LogP contribution is -2.31. The number of nitrogens with zero attached hydrogens (tertiary/aromatic N) is 1. The standard InChI is InChI=1S/C12H16N2O3/c1-17-9-2-3-11(15)10(6-9)12(16)14-5-4-8(13)7-14/h2-3,6,8,15H,4-5,7,13H2,1H3/t8-/m0/s1. The third-order valence-corrected chi connectivity index (χ3v) is 2.95. The molecule has 1 amide bonds. The van der Waals surface area contributed by atoms with E-state index < -0.39 is 0 Å². The highest BCUT2D eigenvalue weighted by Gasteiger charge is 2.26. The average Bonchev–Trinajstić information content (AvgIpc) is 2.76. The number of carbonyl (C=O) groups excluding carboxylic acids is 1. The number of amides is 1. The molecule has 5 heteroatoms. The number of phenols is 1.